The van der Waals surface area contributed by atoms with E-state index in [-0.39, 0.29) is 18.4 Å². The molecule has 114 valence electrons. The highest BCUT2D eigenvalue weighted by atomic mass is 35.5. The number of halogens is 1. The van der Waals surface area contributed by atoms with Crippen LogP contribution in [-0.4, -0.2) is 21.5 Å². The Morgan fingerprint density at radius 2 is 1.70 bits per heavy atom. The first-order valence-electron chi connectivity index (χ1n) is 7.08. The summed E-state index contributed by atoms with van der Waals surface area (Å²) in [7, 11) is -1.52. The van der Waals surface area contributed by atoms with Gasteiger partial charge in [0, 0.05) is 19.3 Å². The van der Waals surface area contributed by atoms with Crippen LogP contribution in [-0.2, 0) is 4.74 Å². The molecule has 20 heavy (non-hydrogen) atoms. The van der Waals surface area contributed by atoms with Crippen LogP contribution in [0, 0.1) is 5.92 Å². The fourth-order valence-corrected chi connectivity index (χ4v) is 3.30. The van der Waals surface area contributed by atoms with Crippen molar-refractivity contribution >= 4 is 20.7 Å². The van der Waals surface area contributed by atoms with E-state index in [4.69, 9.17) is 14.9 Å². The van der Waals surface area contributed by atoms with Gasteiger partial charge in [-0.15, -0.1) is 12.4 Å². The van der Waals surface area contributed by atoms with Gasteiger partial charge in [-0.05, 0) is 56.1 Å². The molecule has 1 heterocycles. The van der Waals surface area contributed by atoms with Crippen LogP contribution in [0.5, 0.6) is 5.75 Å². The van der Waals surface area contributed by atoms with Crippen LogP contribution in [0.15, 0.2) is 24.3 Å². The second kappa shape index (κ2) is 7.45. The summed E-state index contributed by atoms with van der Waals surface area (Å²) >= 11 is 0. The van der Waals surface area contributed by atoms with Crippen LogP contribution in [0.3, 0.4) is 0 Å². The van der Waals surface area contributed by atoms with Crippen molar-refractivity contribution in [2.45, 2.75) is 38.5 Å². The molecule has 1 fully saturated rings. The fraction of sp³-hybridized carbons (Fsp3) is 0.600. The normalized spacial score (nSPS) is 18.2. The third-order valence-electron chi connectivity index (χ3n) is 3.46. The zero-order valence-corrected chi connectivity index (χ0v) is 14.4. The van der Waals surface area contributed by atoms with Gasteiger partial charge in [0.1, 0.15) is 5.75 Å². The average Bonchev–Trinajstić information content (AvgIpc) is 2.38. The molecule has 2 rings (SSSR count). The van der Waals surface area contributed by atoms with Crippen LogP contribution in [0.25, 0.3) is 0 Å². The Hall–Kier alpha value is -0.553. The molecular weight excluding hydrogens is 290 g/mol. The Kier molecular flexibility index (Phi) is 6.52. The minimum absolute atomic E-state index is 0. The van der Waals surface area contributed by atoms with Crippen LogP contribution in [0.2, 0.25) is 19.6 Å². The Bertz CT molecular complexity index is 399. The van der Waals surface area contributed by atoms with Gasteiger partial charge < -0.3 is 14.9 Å². The third-order valence-corrected chi connectivity index (χ3v) is 4.31. The van der Waals surface area contributed by atoms with Gasteiger partial charge in [-0.25, -0.2) is 0 Å². The highest BCUT2D eigenvalue weighted by molar-refractivity contribution is 6.70. The van der Waals surface area contributed by atoms with Gasteiger partial charge in [0.15, 0.2) is 0 Å². The van der Waals surface area contributed by atoms with Crippen LogP contribution < -0.4 is 10.2 Å². The Morgan fingerprint density at radius 1 is 1.15 bits per heavy atom. The summed E-state index contributed by atoms with van der Waals surface area (Å²) in [5.41, 5.74) is 7.56. The molecule has 1 aliphatic rings. The maximum Gasteiger partial charge on any atom is 0.242 e. The van der Waals surface area contributed by atoms with E-state index >= 15 is 0 Å². The fourth-order valence-electron chi connectivity index (χ4n) is 2.46. The molecule has 3 nitrogen and oxygen atoms in total. The van der Waals surface area contributed by atoms with E-state index in [2.05, 4.69) is 31.8 Å². The minimum Gasteiger partial charge on any atom is -0.544 e. The molecule has 0 saturated carbocycles. The monoisotopic (exact) mass is 315 g/mol. The summed E-state index contributed by atoms with van der Waals surface area (Å²) < 4.78 is 11.3. The van der Waals surface area contributed by atoms with Crippen LogP contribution in [0.4, 0.5) is 0 Å². The smallest absolute Gasteiger partial charge is 0.242 e. The molecular formula is C15H26ClNO2Si. The molecule has 1 atom stereocenters. The summed E-state index contributed by atoms with van der Waals surface area (Å²) in [4.78, 5) is 0. The SMILES string of the molecule is C[Si](C)(C)Oc1ccc([C@H](N)C2CCOCC2)cc1.Cl. The standard InChI is InChI=1S/C15H25NO2Si.ClH/c1-19(2,3)18-14-6-4-12(5-7-14)15(16)13-8-10-17-11-9-13;/h4-7,13,15H,8-11,16H2,1-3H3;1H/t15-;/m0./s1. The Morgan fingerprint density at radius 3 is 2.20 bits per heavy atom. The van der Waals surface area contributed by atoms with Crippen LogP contribution >= 0.6 is 12.4 Å². The molecule has 0 bridgehead atoms. The lowest BCUT2D eigenvalue weighted by molar-refractivity contribution is 0.0584. The van der Waals surface area contributed by atoms with E-state index in [9.17, 15) is 0 Å². The first-order valence-corrected chi connectivity index (χ1v) is 10.5. The van der Waals surface area contributed by atoms with E-state index in [0.29, 0.717) is 5.92 Å². The van der Waals surface area contributed by atoms with Gasteiger partial charge in [0.2, 0.25) is 8.32 Å². The predicted molar refractivity (Wildman–Crippen MR) is 88.1 cm³/mol. The van der Waals surface area contributed by atoms with E-state index in [1.54, 1.807) is 0 Å². The molecule has 2 N–H and O–H groups in total. The number of rotatable bonds is 4. The van der Waals surface area contributed by atoms with Crippen molar-refractivity contribution in [3.8, 4) is 5.75 Å². The molecule has 0 spiro atoms. The summed E-state index contributed by atoms with van der Waals surface area (Å²) in [5.74, 6) is 1.50. The van der Waals surface area contributed by atoms with Gasteiger partial charge in [0.05, 0.1) is 0 Å². The third kappa shape index (κ3) is 5.09. The summed E-state index contributed by atoms with van der Waals surface area (Å²) in [6, 6.07) is 8.43. The molecule has 1 saturated heterocycles. The van der Waals surface area contributed by atoms with Crippen LogP contribution in [0.1, 0.15) is 24.4 Å². The van der Waals surface area contributed by atoms with Crippen molar-refractivity contribution in [2.24, 2.45) is 11.7 Å². The summed E-state index contributed by atoms with van der Waals surface area (Å²) in [6.45, 7) is 8.25. The van der Waals surface area contributed by atoms with E-state index < -0.39 is 8.32 Å². The molecule has 0 amide bonds. The predicted octanol–water partition coefficient (Wildman–Crippen LogP) is 3.75. The van der Waals surface area contributed by atoms with Gasteiger partial charge in [-0.3, -0.25) is 0 Å². The molecule has 0 unspecified atom stereocenters. The molecule has 5 heteroatoms. The second-order valence-corrected chi connectivity index (χ2v) is 10.7. The lowest BCUT2D eigenvalue weighted by Crippen LogP contribution is -2.29. The number of nitrogens with two attached hydrogens (primary N) is 1. The maximum absolute atomic E-state index is 6.36. The molecule has 0 aliphatic carbocycles. The lowest BCUT2D eigenvalue weighted by Gasteiger charge is -2.28. The molecule has 0 radical (unpaired) electrons. The van der Waals surface area contributed by atoms with E-state index in [1.165, 1.54) is 5.56 Å². The molecule has 1 aliphatic heterocycles. The molecule has 0 aromatic heterocycles. The van der Waals surface area contributed by atoms with E-state index in [0.717, 1.165) is 31.8 Å². The van der Waals surface area contributed by atoms with E-state index in [1.807, 2.05) is 12.1 Å². The van der Waals surface area contributed by atoms with Gasteiger partial charge >= 0.3 is 0 Å². The number of benzene rings is 1. The first kappa shape index (κ1) is 17.5. The van der Waals surface area contributed by atoms with Crippen molar-refractivity contribution in [3.05, 3.63) is 29.8 Å². The quantitative estimate of drug-likeness (QED) is 0.861. The maximum atomic E-state index is 6.36. The average molecular weight is 316 g/mol. The van der Waals surface area contributed by atoms with Crippen molar-refractivity contribution in [1.82, 2.24) is 0 Å². The number of hydrogen-bond donors (Lipinski definition) is 1. The molecule has 1 aromatic rings. The van der Waals surface area contributed by atoms with Crippen molar-refractivity contribution in [2.75, 3.05) is 13.2 Å². The zero-order chi connectivity index (χ0) is 13.9. The van der Waals surface area contributed by atoms with Gasteiger partial charge in [-0.1, -0.05) is 12.1 Å². The second-order valence-electron chi connectivity index (χ2n) is 6.26. The minimum atomic E-state index is -1.52. The number of ether oxygens (including phenoxy) is 1. The molecule has 1 aromatic carbocycles. The lowest BCUT2D eigenvalue weighted by atomic mass is 9.88. The van der Waals surface area contributed by atoms with Crippen molar-refractivity contribution in [1.29, 1.82) is 0 Å². The van der Waals surface area contributed by atoms with Gasteiger partial charge in [0.25, 0.3) is 0 Å². The Labute approximate surface area is 129 Å². The van der Waals surface area contributed by atoms with Gasteiger partial charge in [-0.2, -0.15) is 0 Å². The highest BCUT2D eigenvalue weighted by Gasteiger charge is 2.22. The Balaban J connectivity index is 0.00000200. The van der Waals surface area contributed by atoms with Crippen molar-refractivity contribution < 1.29 is 9.16 Å². The summed E-state index contributed by atoms with van der Waals surface area (Å²) in [5, 5.41) is 0. The first-order chi connectivity index (χ1) is 8.96. The topological polar surface area (TPSA) is 44.5 Å². The number of hydrogen-bond acceptors (Lipinski definition) is 3. The summed E-state index contributed by atoms with van der Waals surface area (Å²) in [6.07, 6.45) is 2.13. The van der Waals surface area contributed by atoms with Crippen molar-refractivity contribution in [3.63, 3.8) is 0 Å². The zero-order valence-electron chi connectivity index (χ0n) is 12.6. The largest absolute Gasteiger partial charge is 0.544 e. The highest BCUT2D eigenvalue weighted by Crippen LogP contribution is 2.29.